The maximum Gasteiger partial charge on any atom is 0.348 e. The van der Waals surface area contributed by atoms with E-state index in [0.717, 1.165) is 5.56 Å². The molecule has 8 heteroatoms. The van der Waals surface area contributed by atoms with Crippen molar-refractivity contribution in [3.63, 3.8) is 0 Å². The van der Waals surface area contributed by atoms with Gasteiger partial charge in [-0.05, 0) is 72.2 Å². The smallest absolute Gasteiger partial charge is 0.348 e. The first-order valence-electron chi connectivity index (χ1n) is 11.3. The van der Waals surface area contributed by atoms with Gasteiger partial charge in [-0.3, -0.25) is 0 Å². The van der Waals surface area contributed by atoms with Crippen molar-refractivity contribution in [2.75, 3.05) is 13.7 Å². The Bertz CT molecular complexity index is 1360. The molecule has 3 aromatic rings. The fourth-order valence-corrected chi connectivity index (χ4v) is 3.27. The normalized spacial score (nSPS) is 11.0. The molecule has 0 fully saturated rings. The molecule has 0 aromatic heterocycles. The fraction of sp³-hybridized carbons (Fsp3) is 0.138. The van der Waals surface area contributed by atoms with E-state index in [4.69, 9.17) is 30.5 Å². The standard InChI is InChI=1S/C29H24ClNO6/c1-3-35-29(33)23(18-31)15-22-5-4-6-25(16-22)37-28(32)14-10-20-9-13-26(27(17-20)34-2)36-19-21-7-11-24(30)12-8-21/h4-17H,3,19H2,1-2H3/b14-10+,23-15+. The number of nitrogens with zero attached hydrogens (tertiary/aromatic N) is 1. The Morgan fingerprint density at radius 3 is 2.49 bits per heavy atom. The summed E-state index contributed by atoms with van der Waals surface area (Å²) in [5.74, 6) is 0.00904. The summed E-state index contributed by atoms with van der Waals surface area (Å²) >= 11 is 5.91. The summed E-state index contributed by atoms with van der Waals surface area (Å²) in [5, 5.41) is 9.84. The van der Waals surface area contributed by atoms with Crippen LogP contribution in [-0.4, -0.2) is 25.7 Å². The van der Waals surface area contributed by atoms with Crippen LogP contribution in [0, 0.1) is 11.3 Å². The highest BCUT2D eigenvalue weighted by molar-refractivity contribution is 6.30. The van der Waals surface area contributed by atoms with E-state index in [2.05, 4.69) is 0 Å². The molecule has 7 nitrogen and oxygen atoms in total. The van der Waals surface area contributed by atoms with Crippen LogP contribution in [0.25, 0.3) is 12.2 Å². The van der Waals surface area contributed by atoms with Gasteiger partial charge in [-0.15, -0.1) is 0 Å². The highest BCUT2D eigenvalue weighted by Gasteiger charge is 2.10. The van der Waals surface area contributed by atoms with E-state index in [1.807, 2.05) is 18.2 Å². The van der Waals surface area contributed by atoms with E-state index >= 15 is 0 Å². The van der Waals surface area contributed by atoms with Gasteiger partial charge in [-0.1, -0.05) is 41.9 Å². The van der Waals surface area contributed by atoms with E-state index in [0.29, 0.717) is 34.3 Å². The van der Waals surface area contributed by atoms with E-state index in [9.17, 15) is 14.9 Å². The summed E-state index contributed by atoms with van der Waals surface area (Å²) in [4.78, 5) is 24.2. The number of carbonyl (C=O) groups is 2. The fourth-order valence-electron chi connectivity index (χ4n) is 3.14. The summed E-state index contributed by atoms with van der Waals surface area (Å²) < 4.78 is 21.5. The zero-order chi connectivity index (χ0) is 26.6. The predicted octanol–water partition coefficient (Wildman–Crippen LogP) is 6.02. The second-order valence-corrected chi connectivity index (χ2v) is 7.98. The molecule has 0 aliphatic heterocycles. The van der Waals surface area contributed by atoms with Gasteiger partial charge in [0.1, 0.15) is 24.0 Å². The average molecular weight is 518 g/mol. The van der Waals surface area contributed by atoms with Crippen LogP contribution in [-0.2, 0) is 20.9 Å². The van der Waals surface area contributed by atoms with Crippen molar-refractivity contribution in [3.8, 4) is 23.3 Å². The number of ether oxygens (including phenoxy) is 4. The van der Waals surface area contributed by atoms with Crippen LogP contribution in [0.2, 0.25) is 5.02 Å². The summed E-state index contributed by atoms with van der Waals surface area (Å²) in [6.07, 6.45) is 4.24. The lowest BCUT2D eigenvalue weighted by molar-refractivity contribution is -0.138. The van der Waals surface area contributed by atoms with Crippen molar-refractivity contribution >= 4 is 35.7 Å². The highest BCUT2D eigenvalue weighted by atomic mass is 35.5. The molecule has 0 radical (unpaired) electrons. The second-order valence-electron chi connectivity index (χ2n) is 7.54. The minimum atomic E-state index is -0.716. The van der Waals surface area contributed by atoms with Gasteiger partial charge in [0, 0.05) is 11.1 Å². The zero-order valence-electron chi connectivity index (χ0n) is 20.3. The molecule has 0 amide bonds. The Kier molecular flexibility index (Phi) is 9.89. The molecule has 0 aliphatic rings. The number of carbonyl (C=O) groups excluding carboxylic acids is 2. The van der Waals surface area contributed by atoms with Gasteiger partial charge >= 0.3 is 11.9 Å². The van der Waals surface area contributed by atoms with Gasteiger partial charge in [0.25, 0.3) is 0 Å². The van der Waals surface area contributed by atoms with Crippen molar-refractivity contribution in [1.29, 1.82) is 5.26 Å². The second kappa shape index (κ2) is 13.5. The van der Waals surface area contributed by atoms with Gasteiger partial charge in [-0.2, -0.15) is 5.26 Å². The maximum absolute atomic E-state index is 12.4. The number of methoxy groups -OCH3 is 1. The lowest BCUT2D eigenvalue weighted by Gasteiger charge is -2.11. The Morgan fingerprint density at radius 1 is 1.00 bits per heavy atom. The first-order valence-corrected chi connectivity index (χ1v) is 11.6. The van der Waals surface area contributed by atoms with Gasteiger partial charge in [0.15, 0.2) is 11.5 Å². The molecule has 0 saturated heterocycles. The number of hydrogen-bond acceptors (Lipinski definition) is 7. The summed E-state index contributed by atoms with van der Waals surface area (Å²) in [6, 6.07) is 20.9. The summed E-state index contributed by atoms with van der Waals surface area (Å²) in [6.45, 7) is 2.16. The van der Waals surface area contributed by atoms with E-state index in [-0.39, 0.29) is 17.9 Å². The molecule has 0 bridgehead atoms. The van der Waals surface area contributed by atoms with Gasteiger partial charge < -0.3 is 18.9 Å². The maximum atomic E-state index is 12.4. The lowest BCUT2D eigenvalue weighted by atomic mass is 10.1. The van der Waals surface area contributed by atoms with Crippen LogP contribution >= 0.6 is 11.6 Å². The topological polar surface area (TPSA) is 94.9 Å². The highest BCUT2D eigenvalue weighted by Crippen LogP contribution is 2.29. The minimum Gasteiger partial charge on any atom is -0.493 e. The Morgan fingerprint density at radius 2 is 1.78 bits per heavy atom. The Balaban J connectivity index is 1.64. The number of rotatable bonds is 10. The SMILES string of the molecule is CCOC(=O)/C(C#N)=C/c1cccc(OC(=O)/C=C/c2ccc(OCc3ccc(Cl)cc3)c(OC)c2)c1. The minimum absolute atomic E-state index is 0.153. The average Bonchev–Trinajstić information content (AvgIpc) is 2.90. The molecule has 0 N–H and O–H groups in total. The van der Waals surface area contributed by atoms with Crippen LogP contribution in [0.15, 0.2) is 78.4 Å². The molecule has 0 heterocycles. The number of nitriles is 1. The third-order valence-corrected chi connectivity index (χ3v) is 5.16. The monoisotopic (exact) mass is 517 g/mol. The number of esters is 2. The molecule has 0 saturated carbocycles. The Labute approximate surface area is 220 Å². The third kappa shape index (κ3) is 8.27. The van der Waals surface area contributed by atoms with Crippen LogP contribution in [0.5, 0.6) is 17.2 Å². The largest absolute Gasteiger partial charge is 0.493 e. The van der Waals surface area contributed by atoms with Crippen LogP contribution < -0.4 is 14.2 Å². The quantitative estimate of drug-likeness (QED) is 0.140. The van der Waals surface area contributed by atoms with E-state index < -0.39 is 11.9 Å². The molecule has 0 unspecified atom stereocenters. The number of halogens is 1. The van der Waals surface area contributed by atoms with Crippen molar-refractivity contribution in [3.05, 3.63) is 100 Å². The third-order valence-electron chi connectivity index (χ3n) is 4.91. The molecular weight excluding hydrogens is 494 g/mol. The first kappa shape index (κ1) is 27.1. The predicted molar refractivity (Wildman–Crippen MR) is 140 cm³/mol. The Hall–Kier alpha value is -4.54. The van der Waals surface area contributed by atoms with Crippen molar-refractivity contribution < 1.29 is 28.5 Å². The molecule has 3 aromatic carbocycles. The van der Waals surface area contributed by atoms with Gasteiger partial charge in [-0.25, -0.2) is 9.59 Å². The van der Waals surface area contributed by atoms with Crippen LogP contribution in [0.1, 0.15) is 23.6 Å². The summed E-state index contributed by atoms with van der Waals surface area (Å²) in [7, 11) is 1.54. The van der Waals surface area contributed by atoms with Crippen LogP contribution in [0.3, 0.4) is 0 Å². The van der Waals surface area contributed by atoms with Crippen molar-refractivity contribution in [2.24, 2.45) is 0 Å². The van der Waals surface area contributed by atoms with Crippen molar-refractivity contribution in [2.45, 2.75) is 13.5 Å². The number of hydrogen-bond donors (Lipinski definition) is 0. The van der Waals surface area contributed by atoms with E-state index in [1.54, 1.807) is 61.5 Å². The van der Waals surface area contributed by atoms with Crippen molar-refractivity contribution in [1.82, 2.24) is 0 Å². The van der Waals surface area contributed by atoms with Gasteiger partial charge in [0.2, 0.25) is 0 Å². The van der Waals surface area contributed by atoms with Gasteiger partial charge in [0.05, 0.1) is 13.7 Å². The molecular formula is C29H24ClNO6. The van der Waals surface area contributed by atoms with Crippen LogP contribution in [0.4, 0.5) is 0 Å². The van der Waals surface area contributed by atoms with E-state index in [1.165, 1.54) is 25.3 Å². The zero-order valence-corrected chi connectivity index (χ0v) is 21.0. The molecule has 3 rings (SSSR count). The molecule has 188 valence electrons. The first-order chi connectivity index (χ1) is 17.9. The molecule has 0 atom stereocenters. The summed E-state index contributed by atoms with van der Waals surface area (Å²) in [5.41, 5.74) is 2.03. The molecule has 0 aliphatic carbocycles. The lowest BCUT2D eigenvalue weighted by Crippen LogP contribution is -2.06. The molecule has 37 heavy (non-hydrogen) atoms. The molecule has 0 spiro atoms. The number of benzene rings is 3.